The first-order chi connectivity index (χ1) is 12.0. The van der Waals surface area contributed by atoms with E-state index < -0.39 is 0 Å². The number of carbonyl (C=O) groups excluding carboxylic acids is 1. The van der Waals surface area contributed by atoms with E-state index in [9.17, 15) is 4.79 Å². The van der Waals surface area contributed by atoms with Crippen molar-refractivity contribution >= 4 is 29.6 Å². The number of hydrogen-bond acceptors (Lipinski definition) is 4. The van der Waals surface area contributed by atoms with E-state index in [0.717, 1.165) is 22.3 Å². The van der Waals surface area contributed by atoms with Crippen LogP contribution in [0.25, 0.3) is 17.5 Å². The highest BCUT2D eigenvalue weighted by atomic mass is 35.5. The maximum atomic E-state index is 12.0. The van der Waals surface area contributed by atoms with Crippen molar-refractivity contribution in [2.45, 2.75) is 13.8 Å². The van der Waals surface area contributed by atoms with Gasteiger partial charge in [-0.2, -0.15) is 0 Å². The van der Waals surface area contributed by atoms with Crippen LogP contribution in [0.15, 0.2) is 53.0 Å². The van der Waals surface area contributed by atoms with Crippen LogP contribution in [-0.2, 0) is 4.79 Å². The Bertz CT molecular complexity index is 947. The molecule has 0 saturated carbocycles. The van der Waals surface area contributed by atoms with Crippen LogP contribution in [0.3, 0.4) is 0 Å². The van der Waals surface area contributed by atoms with Crippen molar-refractivity contribution < 1.29 is 9.21 Å². The molecule has 0 unspecified atom stereocenters. The lowest BCUT2D eigenvalue weighted by atomic mass is 10.1. The van der Waals surface area contributed by atoms with Gasteiger partial charge in [0.05, 0.1) is 0 Å². The zero-order valence-corrected chi connectivity index (χ0v) is 14.5. The highest BCUT2D eigenvalue weighted by Crippen LogP contribution is 2.24. The summed E-state index contributed by atoms with van der Waals surface area (Å²) in [5.41, 5.74) is 3.71. The molecule has 3 rings (SSSR count). The predicted octanol–water partition coefficient (Wildman–Crippen LogP) is 4.66. The number of aromatic nitrogens is 2. The van der Waals surface area contributed by atoms with Crippen LogP contribution in [0, 0.1) is 13.8 Å². The summed E-state index contributed by atoms with van der Waals surface area (Å²) in [5.74, 6) is -0.0114. The summed E-state index contributed by atoms with van der Waals surface area (Å²) in [5, 5.41) is 11.0. The molecule has 5 nitrogen and oxygen atoms in total. The number of hydrogen-bond donors (Lipinski definition) is 1. The van der Waals surface area contributed by atoms with Crippen LogP contribution in [0.1, 0.15) is 16.7 Å². The highest BCUT2D eigenvalue weighted by molar-refractivity contribution is 6.32. The number of nitrogens with one attached hydrogen (secondary N) is 1. The Morgan fingerprint density at radius 3 is 2.76 bits per heavy atom. The molecule has 0 aliphatic carbocycles. The molecule has 0 spiro atoms. The molecule has 1 N–H and O–H groups in total. The van der Waals surface area contributed by atoms with Gasteiger partial charge in [-0.25, -0.2) is 0 Å². The molecule has 3 aromatic rings. The van der Waals surface area contributed by atoms with Gasteiger partial charge in [0, 0.05) is 16.7 Å². The summed E-state index contributed by atoms with van der Waals surface area (Å²) in [7, 11) is 0. The summed E-state index contributed by atoms with van der Waals surface area (Å²) in [6.45, 7) is 3.95. The number of anilines is 1. The minimum atomic E-state index is -0.379. The van der Waals surface area contributed by atoms with Crippen LogP contribution in [-0.4, -0.2) is 16.1 Å². The number of amides is 1. The quantitative estimate of drug-likeness (QED) is 0.693. The molecule has 1 amide bonds. The van der Waals surface area contributed by atoms with Gasteiger partial charge in [0.2, 0.25) is 5.89 Å². The zero-order chi connectivity index (χ0) is 17.8. The second kappa shape index (κ2) is 7.32. The van der Waals surface area contributed by atoms with Crippen molar-refractivity contribution in [3.05, 3.63) is 70.3 Å². The van der Waals surface area contributed by atoms with E-state index in [1.165, 1.54) is 6.08 Å². The van der Waals surface area contributed by atoms with Crippen LogP contribution >= 0.6 is 11.6 Å². The Hall–Kier alpha value is -2.92. The number of nitrogens with zero attached hydrogens (tertiary/aromatic N) is 2. The normalized spacial score (nSPS) is 11.0. The van der Waals surface area contributed by atoms with E-state index in [1.54, 1.807) is 12.1 Å². The molecule has 0 bridgehead atoms. The lowest BCUT2D eigenvalue weighted by molar-refractivity contribution is -0.112. The van der Waals surface area contributed by atoms with Gasteiger partial charge in [0.15, 0.2) is 0 Å². The molecule has 2 aromatic carbocycles. The third-order valence-electron chi connectivity index (χ3n) is 3.60. The highest BCUT2D eigenvalue weighted by Gasteiger charge is 2.12. The second-order valence-electron chi connectivity index (χ2n) is 5.57. The summed E-state index contributed by atoms with van der Waals surface area (Å²) in [6, 6.07) is 13.3. The molecule has 0 atom stereocenters. The van der Waals surface area contributed by atoms with E-state index in [4.69, 9.17) is 16.0 Å². The van der Waals surface area contributed by atoms with E-state index in [0.29, 0.717) is 10.9 Å². The Labute approximate surface area is 150 Å². The lowest BCUT2D eigenvalue weighted by Gasteiger charge is -2.01. The maximum Gasteiger partial charge on any atom is 0.322 e. The topological polar surface area (TPSA) is 68.0 Å². The SMILES string of the molecule is Cc1ccc(C)c(-c2nnc(NC(=O)C=Cc3ccccc3Cl)o2)c1. The van der Waals surface area contributed by atoms with Gasteiger partial charge < -0.3 is 4.42 Å². The average molecular weight is 354 g/mol. The van der Waals surface area contributed by atoms with Crippen molar-refractivity contribution in [1.29, 1.82) is 0 Å². The van der Waals surface area contributed by atoms with Crippen LogP contribution < -0.4 is 5.32 Å². The molecule has 1 aromatic heterocycles. The minimum Gasteiger partial charge on any atom is -0.403 e. The molecular weight excluding hydrogens is 338 g/mol. The molecule has 6 heteroatoms. The van der Waals surface area contributed by atoms with Gasteiger partial charge in [-0.1, -0.05) is 52.6 Å². The van der Waals surface area contributed by atoms with Gasteiger partial charge in [0.1, 0.15) is 0 Å². The molecule has 0 fully saturated rings. The molecule has 0 radical (unpaired) electrons. The van der Waals surface area contributed by atoms with E-state index in [2.05, 4.69) is 15.5 Å². The molecule has 1 heterocycles. The first kappa shape index (κ1) is 16.9. The van der Waals surface area contributed by atoms with Gasteiger partial charge in [-0.05, 0) is 43.2 Å². The molecular formula is C19H16ClN3O2. The molecule has 0 saturated heterocycles. The average Bonchev–Trinajstić information content (AvgIpc) is 3.04. The van der Waals surface area contributed by atoms with Crippen molar-refractivity contribution in [2.24, 2.45) is 0 Å². The van der Waals surface area contributed by atoms with Crippen LogP contribution in [0.4, 0.5) is 6.01 Å². The predicted molar refractivity (Wildman–Crippen MR) is 98.3 cm³/mol. The summed E-state index contributed by atoms with van der Waals surface area (Å²) in [6.07, 6.45) is 2.99. The van der Waals surface area contributed by atoms with Crippen molar-refractivity contribution in [1.82, 2.24) is 10.2 Å². The Morgan fingerprint density at radius 2 is 1.96 bits per heavy atom. The Morgan fingerprint density at radius 1 is 1.16 bits per heavy atom. The summed E-state index contributed by atoms with van der Waals surface area (Å²) >= 11 is 6.04. The second-order valence-corrected chi connectivity index (χ2v) is 5.98. The molecule has 0 aliphatic rings. The van der Waals surface area contributed by atoms with Crippen molar-refractivity contribution in [2.75, 3.05) is 5.32 Å². The lowest BCUT2D eigenvalue weighted by Crippen LogP contribution is -2.07. The number of carbonyl (C=O) groups is 1. The van der Waals surface area contributed by atoms with Gasteiger partial charge in [-0.3, -0.25) is 10.1 Å². The fourth-order valence-corrected chi connectivity index (χ4v) is 2.47. The fraction of sp³-hybridized carbons (Fsp3) is 0.105. The standard InChI is InChI=1S/C19H16ClN3O2/c1-12-7-8-13(2)15(11-12)18-22-23-19(25-18)21-17(24)10-9-14-5-3-4-6-16(14)20/h3-11H,1-2H3,(H,21,23,24). The smallest absolute Gasteiger partial charge is 0.322 e. The number of aryl methyl sites for hydroxylation is 2. The van der Waals surface area contributed by atoms with E-state index in [1.807, 2.05) is 50.2 Å². The monoisotopic (exact) mass is 353 g/mol. The molecule has 25 heavy (non-hydrogen) atoms. The van der Waals surface area contributed by atoms with Crippen molar-refractivity contribution in [3.8, 4) is 11.5 Å². The van der Waals surface area contributed by atoms with E-state index >= 15 is 0 Å². The zero-order valence-electron chi connectivity index (χ0n) is 13.8. The Kier molecular flexibility index (Phi) is 4.95. The first-order valence-corrected chi connectivity index (χ1v) is 8.05. The largest absolute Gasteiger partial charge is 0.403 e. The first-order valence-electron chi connectivity index (χ1n) is 7.67. The maximum absolute atomic E-state index is 12.0. The summed E-state index contributed by atoms with van der Waals surface area (Å²) in [4.78, 5) is 12.0. The third-order valence-corrected chi connectivity index (χ3v) is 3.94. The van der Waals surface area contributed by atoms with Gasteiger partial charge in [0.25, 0.3) is 5.91 Å². The third kappa shape index (κ3) is 4.14. The number of halogens is 1. The minimum absolute atomic E-state index is 0.0460. The van der Waals surface area contributed by atoms with Gasteiger partial charge in [-0.15, -0.1) is 5.10 Å². The van der Waals surface area contributed by atoms with E-state index in [-0.39, 0.29) is 11.9 Å². The van der Waals surface area contributed by atoms with Crippen LogP contribution in [0.5, 0.6) is 0 Å². The molecule has 0 aliphatic heterocycles. The molecule has 126 valence electrons. The van der Waals surface area contributed by atoms with Crippen LogP contribution in [0.2, 0.25) is 5.02 Å². The summed E-state index contributed by atoms with van der Waals surface area (Å²) < 4.78 is 5.54. The van der Waals surface area contributed by atoms with Crippen molar-refractivity contribution in [3.63, 3.8) is 0 Å². The Balaban J connectivity index is 1.72. The fourth-order valence-electron chi connectivity index (χ4n) is 2.27. The van der Waals surface area contributed by atoms with Gasteiger partial charge >= 0.3 is 6.01 Å². The number of benzene rings is 2. The number of rotatable bonds is 4.